The highest BCUT2D eigenvalue weighted by Gasteiger charge is 2.22. The van der Waals surface area contributed by atoms with Crippen molar-refractivity contribution in [3.63, 3.8) is 0 Å². The molecular formula is C14H22N4. The van der Waals surface area contributed by atoms with E-state index in [-0.39, 0.29) is 0 Å². The monoisotopic (exact) mass is 246 g/mol. The first-order valence-electron chi connectivity index (χ1n) is 7.15. The van der Waals surface area contributed by atoms with Crippen molar-refractivity contribution in [1.82, 2.24) is 15.5 Å². The molecule has 98 valence electrons. The maximum absolute atomic E-state index is 4.46. The molecule has 1 unspecified atom stereocenters. The maximum atomic E-state index is 4.46. The van der Waals surface area contributed by atoms with Crippen LogP contribution in [0.25, 0.3) is 0 Å². The van der Waals surface area contributed by atoms with E-state index < -0.39 is 0 Å². The minimum absolute atomic E-state index is 0.505. The Morgan fingerprint density at radius 3 is 2.72 bits per heavy atom. The number of aromatic nitrogens is 2. The van der Waals surface area contributed by atoms with E-state index in [1.807, 2.05) is 0 Å². The predicted molar refractivity (Wildman–Crippen MR) is 72.9 cm³/mol. The van der Waals surface area contributed by atoms with Crippen LogP contribution in [-0.2, 0) is 0 Å². The fourth-order valence-corrected chi connectivity index (χ4v) is 3.11. The number of nitrogens with one attached hydrogen (secondary N) is 1. The van der Waals surface area contributed by atoms with Crippen molar-refractivity contribution in [1.29, 1.82) is 0 Å². The third-order valence-electron chi connectivity index (χ3n) is 4.24. The summed E-state index contributed by atoms with van der Waals surface area (Å²) in [4.78, 5) is 2.35. The summed E-state index contributed by atoms with van der Waals surface area (Å²) >= 11 is 0. The van der Waals surface area contributed by atoms with Crippen LogP contribution in [0.5, 0.6) is 0 Å². The van der Waals surface area contributed by atoms with E-state index in [1.54, 1.807) is 0 Å². The fourth-order valence-electron chi connectivity index (χ4n) is 3.11. The first-order valence-corrected chi connectivity index (χ1v) is 7.15. The summed E-state index contributed by atoms with van der Waals surface area (Å²) < 4.78 is 0. The topological polar surface area (TPSA) is 41.0 Å². The number of piperazine rings is 1. The molecule has 0 spiro atoms. The Morgan fingerprint density at radius 1 is 1.22 bits per heavy atom. The van der Waals surface area contributed by atoms with E-state index in [1.165, 1.54) is 31.4 Å². The van der Waals surface area contributed by atoms with E-state index in [0.717, 1.165) is 25.5 Å². The lowest BCUT2D eigenvalue weighted by molar-refractivity contribution is 0.495. The van der Waals surface area contributed by atoms with Crippen molar-refractivity contribution in [3.05, 3.63) is 17.8 Å². The van der Waals surface area contributed by atoms with Gasteiger partial charge in [0.1, 0.15) is 0 Å². The summed E-state index contributed by atoms with van der Waals surface area (Å²) in [5.41, 5.74) is 1.19. The highest BCUT2D eigenvalue weighted by Crippen LogP contribution is 2.33. The smallest absolute Gasteiger partial charge is 0.151 e. The molecular weight excluding hydrogens is 224 g/mol. The molecule has 1 atom stereocenters. The van der Waals surface area contributed by atoms with E-state index in [0.29, 0.717) is 12.0 Å². The number of hydrogen-bond donors (Lipinski definition) is 1. The molecule has 4 heteroatoms. The van der Waals surface area contributed by atoms with Gasteiger partial charge in [-0.05, 0) is 31.9 Å². The zero-order valence-corrected chi connectivity index (χ0v) is 11.1. The Bertz CT molecular complexity index is 383. The lowest BCUT2D eigenvalue weighted by Crippen LogP contribution is -2.50. The zero-order valence-electron chi connectivity index (χ0n) is 11.1. The van der Waals surface area contributed by atoms with Gasteiger partial charge in [-0.15, -0.1) is 5.10 Å². The second-order valence-corrected chi connectivity index (χ2v) is 5.54. The Balaban J connectivity index is 1.73. The Morgan fingerprint density at radius 2 is 2.06 bits per heavy atom. The summed E-state index contributed by atoms with van der Waals surface area (Å²) in [6, 6.07) is 4.85. The average Bonchev–Trinajstić information content (AvgIpc) is 2.94. The Kier molecular flexibility index (Phi) is 3.46. The Labute approximate surface area is 109 Å². The van der Waals surface area contributed by atoms with Crippen LogP contribution in [-0.4, -0.2) is 35.9 Å². The van der Waals surface area contributed by atoms with Crippen molar-refractivity contribution in [2.75, 3.05) is 24.5 Å². The maximum Gasteiger partial charge on any atom is 0.151 e. The van der Waals surface area contributed by atoms with E-state index >= 15 is 0 Å². The van der Waals surface area contributed by atoms with Gasteiger partial charge in [-0.1, -0.05) is 12.8 Å². The van der Waals surface area contributed by atoms with E-state index in [2.05, 4.69) is 39.5 Å². The van der Waals surface area contributed by atoms with Crippen molar-refractivity contribution in [3.8, 4) is 0 Å². The lowest BCUT2D eigenvalue weighted by atomic mass is 10.0. The van der Waals surface area contributed by atoms with E-state index in [9.17, 15) is 0 Å². The quantitative estimate of drug-likeness (QED) is 0.865. The number of hydrogen-bond acceptors (Lipinski definition) is 4. The van der Waals surface area contributed by atoms with Crippen LogP contribution in [0.2, 0.25) is 0 Å². The summed E-state index contributed by atoms with van der Waals surface area (Å²) in [5.74, 6) is 1.69. The second-order valence-electron chi connectivity index (χ2n) is 5.54. The van der Waals surface area contributed by atoms with Crippen LogP contribution in [0.15, 0.2) is 12.1 Å². The zero-order chi connectivity index (χ0) is 12.4. The van der Waals surface area contributed by atoms with Crippen LogP contribution in [0.3, 0.4) is 0 Å². The molecule has 0 amide bonds. The molecule has 1 aromatic rings. The molecule has 2 aliphatic rings. The van der Waals surface area contributed by atoms with Crippen LogP contribution in [0.4, 0.5) is 5.82 Å². The van der Waals surface area contributed by atoms with Crippen molar-refractivity contribution in [2.45, 2.75) is 44.6 Å². The Hall–Kier alpha value is -1.16. The SMILES string of the molecule is CC1CNCCN1c1ccc(C2CCCC2)nn1. The standard InChI is InChI=1S/C14H22N4/c1-11-10-15-8-9-18(11)14-7-6-13(16-17-14)12-4-2-3-5-12/h6-7,11-12,15H,2-5,8-10H2,1H3. The van der Waals surface area contributed by atoms with Crippen LogP contribution in [0.1, 0.15) is 44.2 Å². The lowest BCUT2D eigenvalue weighted by Gasteiger charge is -2.34. The van der Waals surface area contributed by atoms with Gasteiger partial charge in [-0.2, -0.15) is 5.10 Å². The number of rotatable bonds is 2. The molecule has 1 N–H and O–H groups in total. The molecule has 1 saturated carbocycles. The second kappa shape index (κ2) is 5.22. The van der Waals surface area contributed by atoms with Gasteiger partial charge >= 0.3 is 0 Å². The average molecular weight is 246 g/mol. The predicted octanol–water partition coefficient (Wildman–Crippen LogP) is 1.93. The van der Waals surface area contributed by atoms with Gasteiger partial charge in [0.15, 0.2) is 5.82 Å². The molecule has 18 heavy (non-hydrogen) atoms. The van der Waals surface area contributed by atoms with Crippen molar-refractivity contribution >= 4 is 5.82 Å². The van der Waals surface area contributed by atoms with Gasteiger partial charge in [0.25, 0.3) is 0 Å². The van der Waals surface area contributed by atoms with Crippen molar-refractivity contribution in [2.24, 2.45) is 0 Å². The number of anilines is 1. The normalized spacial score (nSPS) is 25.6. The molecule has 1 aliphatic heterocycles. The molecule has 0 radical (unpaired) electrons. The summed E-state index contributed by atoms with van der Waals surface area (Å²) in [6.45, 7) is 5.33. The largest absolute Gasteiger partial charge is 0.350 e. The van der Waals surface area contributed by atoms with Gasteiger partial charge in [0.2, 0.25) is 0 Å². The van der Waals surface area contributed by atoms with Crippen LogP contribution < -0.4 is 10.2 Å². The summed E-state index contributed by atoms with van der Waals surface area (Å²) in [6.07, 6.45) is 5.28. The van der Waals surface area contributed by atoms with Gasteiger partial charge < -0.3 is 10.2 Å². The minimum Gasteiger partial charge on any atom is -0.350 e. The molecule has 1 aliphatic carbocycles. The minimum atomic E-state index is 0.505. The number of nitrogens with zero attached hydrogens (tertiary/aromatic N) is 3. The molecule has 1 aromatic heterocycles. The summed E-state index contributed by atoms with van der Waals surface area (Å²) in [5, 5.41) is 12.3. The first kappa shape index (κ1) is 11.9. The molecule has 4 nitrogen and oxygen atoms in total. The molecule has 2 heterocycles. The molecule has 2 fully saturated rings. The molecule has 3 rings (SSSR count). The van der Waals surface area contributed by atoms with Gasteiger partial charge in [0.05, 0.1) is 5.69 Å². The fraction of sp³-hybridized carbons (Fsp3) is 0.714. The highest BCUT2D eigenvalue weighted by molar-refractivity contribution is 5.39. The third-order valence-corrected chi connectivity index (χ3v) is 4.24. The first-order chi connectivity index (χ1) is 8.84. The van der Waals surface area contributed by atoms with Gasteiger partial charge in [-0.3, -0.25) is 0 Å². The third kappa shape index (κ3) is 2.34. The van der Waals surface area contributed by atoms with Crippen LogP contribution >= 0.6 is 0 Å². The molecule has 0 bridgehead atoms. The van der Waals surface area contributed by atoms with Crippen molar-refractivity contribution < 1.29 is 0 Å². The van der Waals surface area contributed by atoms with E-state index in [4.69, 9.17) is 0 Å². The summed E-state index contributed by atoms with van der Waals surface area (Å²) in [7, 11) is 0. The highest BCUT2D eigenvalue weighted by atomic mass is 15.3. The van der Waals surface area contributed by atoms with Gasteiger partial charge in [0, 0.05) is 31.6 Å². The molecule has 0 aromatic carbocycles. The van der Waals surface area contributed by atoms with Crippen LogP contribution in [0, 0.1) is 0 Å². The van der Waals surface area contributed by atoms with Gasteiger partial charge in [-0.25, -0.2) is 0 Å². The molecule has 1 saturated heterocycles.